The molecule has 0 unspecified atom stereocenters. The Labute approximate surface area is 160 Å². The number of nitrogens with zero attached hydrogens (tertiary/aromatic N) is 3. The van der Waals surface area contributed by atoms with Gasteiger partial charge >= 0.3 is 5.97 Å². The number of fused-ring (bicyclic) bond motifs is 1. The minimum Gasteiger partial charge on any atom is -0.468 e. The summed E-state index contributed by atoms with van der Waals surface area (Å²) in [5.41, 5.74) is 0.481. The molecule has 0 aliphatic heterocycles. The maximum absolute atomic E-state index is 12.2. The molecular weight excluding hydrogens is 390 g/mol. The molecule has 1 aromatic carbocycles. The van der Waals surface area contributed by atoms with E-state index < -0.39 is 16.8 Å². The van der Waals surface area contributed by atoms with Crippen LogP contribution in [0, 0.1) is 10.1 Å². The predicted molar refractivity (Wildman–Crippen MR) is 102 cm³/mol. The number of non-ortho nitro benzene ring substituents is 1. The van der Waals surface area contributed by atoms with Gasteiger partial charge in [-0.1, -0.05) is 17.4 Å². The molecule has 0 radical (unpaired) electrons. The average molecular weight is 403 g/mol. The van der Waals surface area contributed by atoms with Crippen molar-refractivity contribution >= 4 is 56.5 Å². The minimum atomic E-state index is -0.518. The molecular formula is C17H13N3O5S2. The van der Waals surface area contributed by atoms with Crippen molar-refractivity contribution in [3.05, 3.63) is 61.6 Å². The number of benzene rings is 1. The van der Waals surface area contributed by atoms with Gasteiger partial charge in [0.15, 0.2) is 4.80 Å². The van der Waals surface area contributed by atoms with Crippen LogP contribution in [0.25, 0.3) is 16.3 Å². The summed E-state index contributed by atoms with van der Waals surface area (Å²) in [5.74, 6) is -1.01. The lowest BCUT2D eigenvalue weighted by Crippen LogP contribution is -2.22. The van der Waals surface area contributed by atoms with Crippen LogP contribution >= 0.6 is 22.7 Å². The van der Waals surface area contributed by atoms with E-state index in [1.807, 2.05) is 17.5 Å². The number of thiazole rings is 1. The van der Waals surface area contributed by atoms with E-state index in [-0.39, 0.29) is 17.0 Å². The van der Waals surface area contributed by atoms with E-state index in [1.54, 1.807) is 6.08 Å². The highest BCUT2D eigenvalue weighted by molar-refractivity contribution is 7.16. The fourth-order valence-corrected chi connectivity index (χ4v) is 3.96. The Morgan fingerprint density at radius 1 is 1.37 bits per heavy atom. The molecule has 27 heavy (non-hydrogen) atoms. The van der Waals surface area contributed by atoms with E-state index in [1.165, 1.54) is 47.3 Å². The van der Waals surface area contributed by atoms with Crippen molar-refractivity contribution in [1.29, 1.82) is 0 Å². The second kappa shape index (κ2) is 8.06. The summed E-state index contributed by atoms with van der Waals surface area (Å²) >= 11 is 2.58. The van der Waals surface area contributed by atoms with E-state index in [0.717, 1.165) is 16.2 Å². The van der Waals surface area contributed by atoms with Crippen molar-refractivity contribution in [2.75, 3.05) is 7.11 Å². The van der Waals surface area contributed by atoms with Crippen molar-refractivity contribution < 1.29 is 19.2 Å². The van der Waals surface area contributed by atoms with Crippen molar-refractivity contribution in [3.8, 4) is 0 Å². The molecule has 0 aliphatic carbocycles. The van der Waals surface area contributed by atoms with Crippen molar-refractivity contribution in [2.45, 2.75) is 6.54 Å². The molecule has 0 spiro atoms. The summed E-state index contributed by atoms with van der Waals surface area (Å²) in [6.45, 7) is -0.158. The van der Waals surface area contributed by atoms with Crippen LogP contribution in [-0.4, -0.2) is 28.5 Å². The summed E-state index contributed by atoms with van der Waals surface area (Å²) in [4.78, 5) is 39.6. The molecule has 0 bridgehead atoms. The Morgan fingerprint density at radius 3 is 2.85 bits per heavy atom. The molecule has 2 aromatic heterocycles. The number of carbonyl (C=O) groups excluding carboxylic acids is 2. The van der Waals surface area contributed by atoms with Crippen molar-refractivity contribution in [1.82, 2.24) is 4.57 Å². The molecule has 3 rings (SSSR count). The molecule has 1 amide bonds. The monoisotopic (exact) mass is 403 g/mol. The number of methoxy groups -OCH3 is 1. The van der Waals surface area contributed by atoms with Gasteiger partial charge in [-0.25, -0.2) is 0 Å². The topological polar surface area (TPSA) is 104 Å². The normalized spacial score (nSPS) is 12.0. The van der Waals surface area contributed by atoms with Crippen LogP contribution in [-0.2, 0) is 20.9 Å². The van der Waals surface area contributed by atoms with Crippen LogP contribution in [0.15, 0.2) is 46.8 Å². The summed E-state index contributed by atoms with van der Waals surface area (Å²) in [6, 6.07) is 7.99. The van der Waals surface area contributed by atoms with Gasteiger partial charge in [-0.3, -0.25) is 19.7 Å². The molecule has 8 nitrogen and oxygen atoms in total. The molecule has 0 atom stereocenters. The lowest BCUT2D eigenvalue weighted by molar-refractivity contribution is -0.384. The Balaban J connectivity index is 2.05. The summed E-state index contributed by atoms with van der Waals surface area (Å²) in [5, 5.41) is 12.9. The highest BCUT2D eigenvalue weighted by Gasteiger charge is 2.14. The van der Waals surface area contributed by atoms with E-state index in [4.69, 9.17) is 0 Å². The maximum Gasteiger partial charge on any atom is 0.325 e. The van der Waals surface area contributed by atoms with Gasteiger partial charge < -0.3 is 9.30 Å². The number of esters is 1. The Kier molecular flexibility index (Phi) is 5.57. The lowest BCUT2D eigenvalue weighted by Gasteiger charge is -2.03. The number of amides is 1. The number of aromatic nitrogens is 1. The molecule has 0 N–H and O–H groups in total. The first-order valence-electron chi connectivity index (χ1n) is 7.63. The molecule has 0 saturated carbocycles. The second-order valence-electron chi connectivity index (χ2n) is 5.25. The number of hydrogen-bond acceptors (Lipinski definition) is 7. The fourth-order valence-electron chi connectivity index (χ4n) is 2.28. The van der Waals surface area contributed by atoms with E-state index >= 15 is 0 Å². The van der Waals surface area contributed by atoms with Gasteiger partial charge in [0, 0.05) is 23.1 Å². The quantitative estimate of drug-likeness (QED) is 0.282. The first kappa shape index (κ1) is 18.7. The summed E-state index contributed by atoms with van der Waals surface area (Å²) in [7, 11) is 1.26. The number of nitro groups is 1. The molecule has 0 fully saturated rings. The lowest BCUT2D eigenvalue weighted by atomic mass is 10.3. The number of hydrogen-bond donors (Lipinski definition) is 0. The number of carbonyl (C=O) groups is 2. The van der Waals surface area contributed by atoms with Gasteiger partial charge in [0.05, 0.1) is 22.2 Å². The Hall–Kier alpha value is -3.11. The summed E-state index contributed by atoms with van der Waals surface area (Å²) in [6.07, 6.45) is 2.99. The summed E-state index contributed by atoms with van der Waals surface area (Å²) < 4.78 is 6.74. The van der Waals surface area contributed by atoms with Crippen LogP contribution < -0.4 is 4.80 Å². The zero-order valence-electron chi connectivity index (χ0n) is 14.0. The van der Waals surface area contributed by atoms with Crippen LogP contribution in [0.5, 0.6) is 0 Å². The average Bonchev–Trinajstić information content (AvgIpc) is 3.28. The van der Waals surface area contributed by atoms with Crippen LogP contribution in [0.1, 0.15) is 4.88 Å². The fraction of sp³-hybridized carbons (Fsp3) is 0.118. The van der Waals surface area contributed by atoms with Gasteiger partial charge in [-0.2, -0.15) is 4.99 Å². The third-order valence-electron chi connectivity index (χ3n) is 3.53. The van der Waals surface area contributed by atoms with Gasteiger partial charge in [-0.05, 0) is 23.6 Å². The Bertz CT molecular complexity index is 1110. The number of thiophene rings is 1. The first-order valence-corrected chi connectivity index (χ1v) is 9.32. The van der Waals surface area contributed by atoms with Gasteiger partial charge in [0.2, 0.25) is 0 Å². The molecule has 0 aliphatic rings. The Morgan fingerprint density at radius 2 is 2.19 bits per heavy atom. The van der Waals surface area contributed by atoms with Gasteiger partial charge in [0.25, 0.3) is 11.6 Å². The second-order valence-corrected chi connectivity index (χ2v) is 7.24. The SMILES string of the molecule is COC(=O)Cn1c(=NC(=O)/C=C/c2cccs2)sc2cc([N+](=O)[O-])ccc21. The van der Waals surface area contributed by atoms with E-state index in [2.05, 4.69) is 9.73 Å². The third-order valence-corrected chi connectivity index (χ3v) is 5.41. The molecule has 2 heterocycles. The third kappa shape index (κ3) is 4.36. The predicted octanol–water partition coefficient (Wildman–Crippen LogP) is 2.99. The number of rotatable bonds is 5. The van der Waals surface area contributed by atoms with Crippen LogP contribution in [0.4, 0.5) is 5.69 Å². The highest BCUT2D eigenvalue weighted by atomic mass is 32.1. The maximum atomic E-state index is 12.2. The zero-order valence-corrected chi connectivity index (χ0v) is 15.7. The smallest absolute Gasteiger partial charge is 0.325 e. The standard InChI is InChI=1S/C17H13N3O5S2/c1-25-16(22)10-19-13-6-4-11(20(23)24)9-14(13)27-17(19)18-15(21)7-5-12-3-2-8-26-12/h2-9H,10H2,1H3/b7-5+,18-17?. The first-order chi connectivity index (χ1) is 13.0. The molecule has 0 saturated heterocycles. The van der Waals surface area contributed by atoms with Crippen molar-refractivity contribution in [3.63, 3.8) is 0 Å². The number of nitro benzene ring substituents is 1. The van der Waals surface area contributed by atoms with Gasteiger partial charge in [-0.15, -0.1) is 11.3 Å². The van der Waals surface area contributed by atoms with Gasteiger partial charge in [0.1, 0.15) is 6.54 Å². The van der Waals surface area contributed by atoms with E-state index in [0.29, 0.717) is 10.2 Å². The number of ether oxygens (including phenoxy) is 1. The van der Waals surface area contributed by atoms with Crippen LogP contribution in [0.3, 0.4) is 0 Å². The minimum absolute atomic E-state index is 0.0792. The highest BCUT2D eigenvalue weighted by Crippen LogP contribution is 2.23. The van der Waals surface area contributed by atoms with E-state index in [9.17, 15) is 19.7 Å². The van der Waals surface area contributed by atoms with Crippen molar-refractivity contribution in [2.24, 2.45) is 4.99 Å². The largest absolute Gasteiger partial charge is 0.468 e. The van der Waals surface area contributed by atoms with Crippen LogP contribution in [0.2, 0.25) is 0 Å². The zero-order chi connectivity index (χ0) is 19.4. The molecule has 3 aromatic rings. The molecule has 10 heteroatoms. The molecule has 138 valence electrons.